The lowest BCUT2D eigenvalue weighted by atomic mass is 10.1. The van der Waals surface area contributed by atoms with Gasteiger partial charge in [-0.3, -0.25) is 4.98 Å². The van der Waals surface area contributed by atoms with E-state index < -0.39 is 5.97 Å². The van der Waals surface area contributed by atoms with Gasteiger partial charge in [0.2, 0.25) is 5.76 Å². The maximum absolute atomic E-state index is 10.7. The Labute approximate surface area is 90.1 Å². The van der Waals surface area contributed by atoms with E-state index in [0.29, 0.717) is 5.58 Å². The van der Waals surface area contributed by atoms with E-state index in [4.69, 9.17) is 9.52 Å². The van der Waals surface area contributed by atoms with E-state index in [1.165, 1.54) is 6.07 Å². The highest BCUT2D eigenvalue weighted by molar-refractivity contribution is 5.95. The molecule has 0 aliphatic rings. The molecule has 2 aromatic heterocycles. The number of rotatable bonds is 1. The molecule has 0 bridgehead atoms. The first-order chi connectivity index (χ1) is 7.74. The van der Waals surface area contributed by atoms with Gasteiger partial charge in [-0.05, 0) is 24.3 Å². The molecule has 0 aliphatic carbocycles. The van der Waals surface area contributed by atoms with Crippen LogP contribution >= 0.6 is 0 Å². The Balaban J connectivity index is 2.37. The molecule has 2 heterocycles. The number of fused-ring (bicyclic) bond motifs is 2. The monoisotopic (exact) mass is 213 g/mol. The molecule has 3 aromatic rings. The summed E-state index contributed by atoms with van der Waals surface area (Å²) in [6.45, 7) is 0. The molecule has 78 valence electrons. The van der Waals surface area contributed by atoms with Crippen LogP contribution < -0.4 is 0 Å². The summed E-state index contributed by atoms with van der Waals surface area (Å²) in [4.78, 5) is 14.9. The molecule has 4 nitrogen and oxygen atoms in total. The Morgan fingerprint density at radius 1 is 1.19 bits per heavy atom. The highest BCUT2D eigenvalue weighted by atomic mass is 16.4. The zero-order chi connectivity index (χ0) is 11.1. The number of aromatic carboxylic acids is 1. The minimum absolute atomic E-state index is 0.0709. The minimum Gasteiger partial charge on any atom is -0.475 e. The van der Waals surface area contributed by atoms with Crippen LogP contribution in [0, 0.1) is 0 Å². The molecular formula is C12H7NO3. The summed E-state index contributed by atoms with van der Waals surface area (Å²) in [7, 11) is 0. The Morgan fingerprint density at radius 3 is 2.88 bits per heavy atom. The smallest absolute Gasteiger partial charge is 0.371 e. The van der Waals surface area contributed by atoms with Crippen molar-refractivity contribution in [3.8, 4) is 0 Å². The zero-order valence-corrected chi connectivity index (χ0v) is 8.18. The van der Waals surface area contributed by atoms with Crippen LogP contribution in [0.1, 0.15) is 10.6 Å². The second-order valence-corrected chi connectivity index (χ2v) is 3.50. The first-order valence-corrected chi connectivity index (χ1v) is 4.76. The van der Waals surface area contributed by atoms with Crippen molar-refractivity contribution in [3.05, 3.63) is 42.3 Å². The standard InChI is InChI=1S/C12H7NO3/c14-12(15)10-2-1-8-5-7-3-4-13-9(7)6-11(8)16-10/h1-6H,(H,14,15). The van der Waals surface area contributed by atoms with Crippen LogP contribution in [-0.2, 0) is 0 Å². The molecule has 1 aromatic carbocycles. The maximum atomic E-state index is 10.7. The molecule has 16 heavy (non-hydrogen) atoms. The molecule has 0 fully saturated rings. The SMILES string of the molecule is O=C(O)c1ccc2cc3ccnc3cc2o1. The fraction of sp³-hybridized carbons (Fsp3) is 0. The van der Waals surface area contributed by atoms with E-state index in [-0.39, 0.29) is 5.76 Å². The van der Waals surface area contributed by atoms with Gasteiger partial charge >= 0.3 is 5.97 Å². The largest absolute Gasteiger partial charge is 0.475 e. The Morgan fingerprint density at radius 2 is 2.06 bits per heavy atom. The summed E-state index contributed by atoms with van der Waals surface area (Å²) in [6, 6.07) is 8.76. The molecule has 1 N–H and O–H groups in total. The number of hydrogen-bond donors (Lipinski definition) is 1. The van der Waals surface area contributed by atoms with Gasteiger partial charge in [0, 0.05) is 23.0 Å². The number of hydrogen-bond acceptors (Lipinski definition) is 3. The highest BCUT2D eigenvalue weighted by Crippen LogP contribution is 2.22. The van der Waals surface area contributed by atoms with Crippen molar-refractivity contribution in [2.45, 2.75) is 0 Å². The summed E-state index contributed by atoms with van der Waals surface area (Å²) >= 11 is 0. The van der Waals surface area contributed by atoms with Crippen LogP contribution in [0.3, 0.4) is 0 Å². The molecule has 0 spiro atoms. The van der Waals surface area contributed by atoms with Gasteiger partial charge in [0.05, 0.1) is 5.52 Å². The molecule has 0 saturated heterocycles. The van der Waals surface area contributed by atoms with Crippen LogP contribution in [0.25, 0.3) is 21.9 Å². The molecule has 0 unspecified atom stereocenters. The van der Waals surface area contributed by atoms with Crippen molar-refractivity contribution in [2.24, 2.45) is 0 Å². The molecule has 0 radical (unpaired) electrons. The van der Waals surface area contributed by atoms with Crippen LogP contribution in [0.5, 0.6) is 0 Å². The molecule has 0 aliphatic heterocycles. The third-order valence-electron chi connectivity index (χ3n) is 2.47. The van der Waals surface area contributed by atoms with Gasteiger partial charge in [0.15, 0.2) is 0 Å². The lowest BCUT2D eigenvalue weighted by Gasteiger charge is -1.99. The molecule has 4 heteroatoms. The Kier molecular flexibility index (Phi) is 1.71. The first kappa shape index (κ1) is 8.91. The van der Waals surface area contributed by atoms with E-state index >= 15 is 0 Å². The molecule has 0 amide bonds. The van der Waals surface area contributed by atoms with E-state index in [2.05, 4.69) is 4.98 Å². The number of carboxylic acid groups (broad SMARTS) is 1. The predicted octanol–water partition coefficient (Wildman–Crippen LogP) is 2.68. The van der Waals surface area contributed by atoms with Crippen molar-refractivity contribution in [3.63, 3.8) is 0 Å². The van der Waals surface area contributed by atoms with Gasteiger partial charge in [-0.1, -0.05) is 0 Å². The van der Waals surface area contributed by atoms with Crippen molar-refractivity contribution < 1.29 is 14.3 Å². The van der Waals surface area contributed by atoms with Gasteiger partial charge in [-0.2, -0.15) is 0 Å². The van der Waals surface area contributed by atoms with Gasteiger partial charge < -0.3 is 9.52 Å². The second kappa shape index (κ2) is 3.06. The van der Waals surface area contributed by atoms with E-state index in [0.717, 1.165) is 16.3 Å². The lowest BCUT2D eigenvalue weighted by molar-refractivity contribution is 0.0663. The highest BCUT2D eigenvalue weighted by Gasteiger charge is 2.07. The fourth-order valence-electron chi connectivity index (χ4n) is 1.70. The van der Waals surface area contributed by atoms with Crippen LogP contribution in [0.4, 0.5) is 0 Å². The fourth-order valence-corrected chi connectivity index (χ4v) is 1.70. The number of aromatic nitrogens is 1. The Hall–Kier alpha value is -2.36. The average Bonchev–Trinajstić information content (AvgIpc) is 2.71. The molecule has 0 atom stereocenters. The van der Waals surface area contributed by atoms with Crippen molar-refractivity contribution in [1.29, 1.82) is 0 Å². The zero-order valence-electron chi connectivity index (χ0n) is 8.18. The third kappa shape index (κ3) is 1.24. The third-order valence-corrected chi connectivity index (χ3v) is 2.47. The molecule has 0 saturated carbocycles. The summed E-state index contributed by atoms with van der Waals surface area (Å²) in [6.07, 6.45) is 1.71. The normalized spacial score (nSPS) is 11.0. The second-order valence-electron chi connectivity index (χ2n) is 3.50. The number of carbonyl (C=O) groups is 1. The van der Waals surface area contributed by atoms with Crippen molar-refractivity contribution >= 4 is 27.8 Å². The van der Waals surface area contributed by atoms with Crippen LogP contribution in [0.15, 0.2) is 40.9 Å². The first-order valence-electron chi connectivity index (χ1n) is 4.76. The minimum atomic E-state index is -1.07. The van der Waals surface area contributed by atoms with Gasteiger partial charge in [0.1, 0.15) is 5.58 Å². The number of carboxylic acids is 1. The summed E-state index contributed by atoms with van der Waals surface area (Å²) in [5, 5.41) is 10.7. The topological polar surface area (TPSA) is 63.3 Å². The van der Waals surface area contributed by atoms with E-state index in [1.54, 1.807) is 18.3 Å². The quantitative estimate of drug-likeness (QED) is 0.675. The van der Waals surface area contributed by atoms with Crippen LogP contribution in [-0.4, -0.2) is 16.1 Å². The van der Waals surface area contributed by atoms with Crippen molar-refractivity contribution in [1.82, 2.24) is 4.98 Å². The van der Waals surface area contributed by atoms with Crippen LogP contribution in [0.2, 0.25) is 0 Å². The van der Waals surface area contributed by atoms with E-state index in [9.17, 15) is 4.79 Å². The molecule has 3 rings (SSSR count). The maximum Gasteiger partial charge on any atom is 0.371 e. The predicted molar refractivity (Wildman–Crippen MR) is 58.5 cm³/mol. The number of benzene rings is 1. The summed E-state index contributed by atoms with van der Waals surface area (Å²) in [5.74, 6) is -1.14. The Bertz CT molecular complexity index is 700. The van der Waals surface area contributed by atoms with E-state index in [1.807, 2.05) is 12.1 Å². The van der Waals surface area contributed by atoms with Gasteiger partial charge in [0.25, 0.3) is 0 Å². The summed E-state index contributed by atoms with van der Waals surface area (Å²) < 4.78 is 5.26. The average molecular weight is 213 g/mol. The summed E-state index contributed by atoms with van der Waals surface area (Å²) in [5.41, 5.74) is 1.34. The molecular weight excluding hydrogens is 206 g/mol. The van der Waals surface area contributed by atoms with Gasteiger partial charge in [-0.25, -0.2) is 4.79 Å². The van der Waals surface area contributed by atoms with Gasteiger partial charge in [-0.15, -0.1) is 0 Å². The van der Waals surface area contributed by atoms with Crippen molar-refractivity contribution in [2.75, 3.05) is 0 Å². The lowest BCUT2D eigenvalue weighted by Crippen LogP contribution is -1.95. The number of nitrogens with zero attached hydrogens (tertiary/aromatic N) is 1.